The second kappa shape index (κ2) is 5.33. The number of rotatable bonds is 3. The molecule has 3 rings (SSSR count). The molecule has 1 atom stereocenters. The van der Waals surface area contributed by atoms with E-state index in [0.717, 1.165) is 18.7 Å². The quantitative estimate of drug-likeness (QED) is 0.705. The zero-order valence-corrected chi connectivity index (χ0v) is 12.8. The van der Waals surface area contributed by atoms with Gasteiger partial charge in [-0.05, 0) is 30.0 Å². The van der Waals surface area contributed by atoms with Crippen LogP contribution in [0.1, 0.15) is 37.0 Å². The second-order valence-electron chi connectivity index (χ2n) is 5.73. The third kappa shape index (κ3) is 2.04. The van der Waals surface area contributed by atoms with E-state index < -0.39 is 0 Å². The maximum atomic E-state index is 4.94. The number of aliphatic imine (C=N–C) groups is 1. The van der Waals surface area contributed by atoms with Crippen molar-refractivity contribution in [1.82, 2.24) is 0 Å². The fourth-order valence-electron chi connectivity index (χ4n) is 3.53. The summed E-state index contributed by atoms with van der Waals surface area (Å²) in [6.07, 6.45) is 0.979. The smallest absolute Gasteiger partial charge is 0.0646 e. The van der Waals surface area contributed by atoms with E-state index in [4.69, 9.17) is 4.99 Å². The van der Waals surface area contributed by atoms with E-state index >= 15 is 0 Å². The van der Waals surface area contributed by atoms with E-state index in [-0.39, 0.29) is 5.41 Å². The fraction of sp³-hybridized carbons (Fsp3) is 0.250. The van der Waals surface area contributed by atoms with Gasteiger partial charge in [0.15, 0.2) is 0 Å². The Balaban J connectivity index is 2.26. The fourth-order valence-corrected chi connectivity index (χ4v) is 3.53. The van der Waals surface area contributed by atoms with Crippen molar-refractivity contribution in [3.63, 3.8) is 0 Å². The topological polar surface area (TPSA) is 12.4 Å². The molecular formula is C20H21N. The Hall–Kier alpha value is -2.15. The molecule has 0 saturated carbocycles. The van der Waals surface area contributed by atoms with Crippen LogP contribution in [-0.2, 0) is 12.0 Å². The first-order valence-electron chi connectivity index (χ1n) is 7.55. The standard InChI is InChI=1S/C20H21N/c1-4-20(15(2)3)18-13-9-8-12-17(18)14-21-19(20)16-10-6-5-7-11-16/h5-13H,2,4,14H2,1,3H3. The Morgan fingerprint density at radius 1 is 1.10 bits per heavy atom. The van der Waals surface area contributed by atoms with Crippen molar-refractivity contribution in [2.75, 3.05) is 0 Å². The predicted octanol–water partition coefficient (Wildman–Crippen LogP) is 4.91. The summed E-state index contributed by atoms with van der Waals surface area (Å²) in [6, 6.07) is 19.2. The van der Waals surface area contributed by atoms with Gasteiger partial charge < -0.3 is 0 Å². The summed E-state index contributed by atoms with van der Waals surface area (Å²) >= 11 is 0. The molecule has 0 saturated heterocycles. The highest BCUT2D eigenvalue weighted by Crippen LogP contribution is 2.43. The van der Waals surface area contributed by atoms with Crippen LogP contribution in [-0.4, -0.2) is 5.71 Å². The summed E-state index contributed by atoms with van der Waals surface area (Å²) in [6.45, 7) is 9.44. The lowest BCUT2D eigenvalue weighted by Gasteiger charge is -2.40. The van der Waals surface area contributed by atoms with Crippen molar-refractivity contribution in [3.05, 3.63) is 83.4 Å². The summed E-state index contributed by atoms with van der Waals surface area (Å²) in [5.74, 6) is 0. The van der Waals surface area contributed by atoms with Crippen LogP contribution in [0.25, 0.3) is 0 Å². The first-order valence-corrected chi connectivity index (χ1v) is 7.55. The molecule has 21 heavy (non-hydrogen) atoms. The summed E-state index contributed by atoms with van der Waals surface area (Å²) in [5, 5.41) is 0. The molecule has 0 fully saturated rings. The number of hydrogen-bond acceptors (Lipinski definition) is 1. The predicted molar refractivity (Wildman–Crippen MR) is 89.9 cm³/mol. The molecule has 0 N–H and O–H groups in total. The Bertz CT molecular complexity index is 697. The number of benzene rings is 2. The summed E-state index contributed by atoms with van der Waals surface area (Å²) in [5.41, 5.74) is 6.06. The van der Waals surface area contributed by atoms with E-state index in [1.54, 1.807) is 0 Å². The molecule has 2 aromatic rings. The van der Waals surface area contributed by atoms with E-state index in [0.29, 0.717) is 0 Å². The molecule has 2 aromatic carbocycles. The lowest BCUT2D eigenvalue weighted by atomic mass is 9.65. The molecule has 0 amide bonds. The number of allylic oxidation sites excluding steroid dienone is 1. The third-order valence-electron chi connectivity index (χ3n) is 4.60. The molecule has 1 aliphatic rings. The van der Waals surface area contributed by atoms with E-state index in [9.17, 15) is 0 Å². The van der Waals surface area contributed by atoms with E-state index in [1.165, 1.54) is 22.3 Å². The van der Waals surface area contributed by atoms with Crippen LogP contribution >= 0.6 is 0 Å². The normalized spacial score (nSPS) is 20.6. The van der Waals surface area contributed by atoms with E-state index in [2.05, 4.69) is 75.0 Å². The van der Waals surface area contributed by atoms with Crippen molar-refractivity contribution in [3.8, 4) is 0 Å². The Kier molecular flexibility index (Phi) is 3.50. The molecule has 1 heterocycles. The molecule has 1 nitrogen and oxygen atoms in total. The van der Waals surface area contributed by atoms with Crippen LogP contribution < -0.4 is 0 Å². The van der Waals surface area contributed by atoms with Crippen LogP contribution in [0.5, 0.6) is 0 Å². The zero-order valence-electron chi connectivity index (χ0n) is 12.8. The molecule has 0 aliphatic carbocycles. The molecular weight excluding hydrogens is 254 g/mol. The molecule has 1 aliphatic heterocycles. The average Bonchev–Trinajstić information content (AvgIpc) is 2.54. The Morgan fingerprint density at radius 2 is 1.76 bits per heavy atom. The van der Waals surface area contributed by atoms with Crippen molar-refractivity contribution >= 4 is 5.71 Å². The van der Waals surface area contributed by atoms with Gasteiger partial charge >= 0.3 is 0 Å². The number of fused-ring (bicyclic) bond motifs is 1. The highest BCUT2D eigenvalue weighted by molar-refractivity contribution is 6.11. The molecule has 0 aromatic heterocycles. The van der Waals surface area contributed by atoms with Gasteiger partial charge in [-0.1, -0.05) is 73.7 Å². The Labute approximate surface area is 127 Å². The maximum Gasteiger partial charge on any atom is 0.0646 e. The molecule has 1 heteroatoms. The van der Waals surface area contributed by atoms with Crippen molar-refractivity contribution in [1.29, 1.82) is 0 Å². The number of hydrogen-bond donors (Lipinski definition) is 0. The van der Waals surface area contributed by atoms with Gasteiger partial charge in [-0.2, -0.15) is 0 Å². The van der Waals surface area contributed by atoms with Crippen LogP contribution in [0.2, 0.25) is 0 Å². The Morgan fingerprint density at radius 3 is 2.43 bits per heavy atom. The largest absolute Gasteiger partial charge is 0.283 e. The lowest BCUT2D eigenvalue weighted by molar-refractivity contribution is 0.620. The third-order valence-corrected chi connectivity index (χ3v) is 4.60. The lowest BCUT2D eigenvalue weighted by Crippen LogP contribution is -2.40. The highest BCUT2D eigenvalue weighted by atomic mass is 14.8. The monoisotopic (exact) mass is 275 g/mol. The van der Waals surface area contributed by atoms with Gasteiger partial charge in [0.05, 0.1) is 17.7 Å². The minimum atomic E-state index is -0.170. The minimum Gasteiger partial charge on any atom is -0.283 e. The number of nitrogens with zero attached hydrogens (tertiary/aromatic N) is 1. The molecule has 106 valence electrons. The van der Waals surface area contributed by atoms with Crippen molar-refractivity contribution in [2.45, 2.75) is 32.2 Å². The van der Waals surface area contributed by atoms with Gasteiger partial charge in [0.25, 0.3) is 0 Å². The van der Waals surface area contributed by atoms with Gasteiger partial charge in [-0.25, -0.2) is 0 Å². The van der Waals surface area contributed by atoms with Gasteiger partial charge in [0, 0.05) is 0 Å². The molecule has 0 radical (unpaired) electrons. The average molecular weight is 275 g/mol. The van der Waals surface area contributed by atoms with Crippen molar-refractivity contribution in [2.24, 2.45) is 4.99 Å². The SMILES string of the molecule is C=C(C)C1(CC)C(c2ccccc2)=NCc2ccccc21. The van der Waals surface area contributed by atoms with E-state index in [1.807, 2.05) is 0 Å². The van der Waals surface area contributed by atoms with Gasteiger partial charge in [-0.15, -0.1) is 0 Å². The van der Waals surface area contributed by atoms with Gasteiger partial charge in [0.2, 0.25) is 0 Å². The van der Waals surface area contributed by atoms with Gasteiger partial charge in [-0.3, -0.25) is 4.99 Å². The van der Waals surface area contributed by atoms with Crippen molar-refractivity contribution < 1.29 is 0 Å². The van der Waals surface area contributed by atoms with Crippen LogP contribution in [0.15, 0.2) is 71.7 Å². The van der Waals surface area contributed by atoms with Crippen LogP contribution in [0.4, 0.5) is 0 Å². The first kappa shape index (κ1) is 13.8. The first-order chi connectivity index (χ1) is 10.2. The molecule has 0 bridgehead atoms. The minimum absolute atomic E-state index is 0.170. The molecule has 1 unspecified atom stereocenters. The highest BCUT2D eigenvalue weighted by Gasteiger charge is 2.40. The molecule has 0 spiro atoms. The van der Waals surface area contributed by atoms with Crippen LogP contribution in [0, 0.1) is 0 Å². The van der Waals surface area contributed by atoms with Crippen LogP contribution in [0.3, 0.4) is 0 Å². The summed E-state index contributed by atoms with van der Waals surface area (Å²) < 4.78 is 0. The maximum absolute atomic E-state index is 4.94. The zero-order chi connectivity index (χ0) is 14.9. The van der Waals surface area contributed by atoms with Gasteiger partial charge in [0.1, 0.15) is 0 Å². The summed E-state index contributed by atoms with van der Waals surface area (Å²) in [4.78, 5) is 4.94. The summed E-state index contributed by atoms with van der Waals surface area (Å²) in [7, 11) is 0. The second-order valence-corrected chi connectivity index (χ2v) is 5.73.